The molecule has 2 atom stereocenters. The van der Waals surface area contributed by atoms with Gasteiger partial charge in [0.15, 0.2) is 11.5 Å². The van der Waals surface area contributed by atoms with E-state index in [-0.39, 0.29) is 30.0 Å². The number of nitrogens with zero attached hydrogens (tertiary/aromatic N) is 1. The zero-order valence-corrected chi connectivity index (χ0v) is 15.7. The zero-order chi connectivity index (χ0) is 18.6. The van der Waals surface area contributed by atoms with Gasteiger partial charge in [0.25, 0.3) is 0 Å². The number of amides is 2. The summed E-state index contributed by atoms with van der Waals surface area (Å²) in [6.45, 7) is 7.99. The molecule has 0 aliphatic carbocycles. The summed E-state index contributed by atoms with van der Waals surface area (Å²) >= 11 is 0. The quantitative estimate of drug-likeness (QED) is 0.858. The van der Waals surface area contributed by atoms with Gasteiger partial charge in [-0.2, -0.15) is 0 Å². The Morgan fingerprint density at radius 2 is 1.96 bits per heavy atom. The van der Waals surface area contributed by atoms with E-state index in [0.29, 0.717) is 24.5 Å². The lowest BCUT2D eigenvalue weighted by Crippen LogP contribution is -2.45. The van der Waals surface area contributed by atoms with Crippen molar-refractivity contribution in [2.45, 2.75) is 58.7 Å². The molecule has 1 aromatic rings. The molecule has 1 saturated heterocycles. The Hall–Kier alpha value is -2.24. The van der Waals surface area contributed by atoms with Gasteiger partial charge in [-0.05, 0) is 51.3 Å². The van der Waals surface area contributed by atoms with Gasteiger partial charge in [0, 0.05) is 13.5 Å². The van der Waals surface area contributed by atoms with Crippen molar-refractivity contribution >= 4 is 11.8 Å². The molecule has 1 fully saturated rings. The molecule has 0 bridgehead atoms. The van der Waals surface area contributed by atoms with E-state index in [4.69, 9.17) is 9.47 Å². The summed E-state index contributed by atoms with van der Waals surface area (Å²) in [7, 11) is 1.60. The van der Waals surface area contributed by atoms with Crippen LogP contribution in [0.5, 0.6) is 11.5 Å². The molecule has 1 N–H and O–H groups in total. The van der Waals surface area contributed by atoms with E-state index in [1.165, 1.54) is 6.92 Å². The molecule has 1 aliphatic heterocycles. The van der Waals surface area contributed by atoms with Gasteiger partial charge in [0.2, 0.25) is 11.8 Å². The average Bonchev–Trinajstić information content (AvgIpc) is 3.04. The second kappa shape index (κ2) is 8.23. The second-order valence-corrected chi connectivity index (χ2v) is 6.68. The molecule has 2 rings (SSSR count). The lowest BCUT2D eigenvalue weighted by atomic mass is 10.1. The molecule has 2 unspecified atom stereocenters. The van der Waals surface area contributed by atoms with Crippen LogP contribution in [-0.4, -0.2) is 42.5 Å². The maximum atomic E-state index is 12.5. The van der Waals surface area contributed by atoms with Crippen molar-refractivity contribution in [3.05, 3.63) is 23.8 Å². The fourth-order valence-corrected chi connectivity index (χ4v) is 3.11. The summed E-state index contributed by atoms with van der Waals surface area (Å²) in [6, 6.07) is 5.09. The highest BCUT2D eigenvalue weighted by Gasteiger charge is 2.32. The summed E-state index contributed by atoms with van der Waals surface area (Å²) in [5.74, 6) is 1.15. The number of hydrogen-bond donors (Lipinski definition) is 1. The lowest BCUT2D eigenvalue weighted by molar-refractivity contribution is -0.137. The van der Waals surface area contributed by atoms with Gasteiger partial charge < -0.3 is 19.7 Å². The van der Waals surface area contributed by atoms with Crippen LogP contribution in [0.3, 0.4) is 0 Å². The van der Waals surface area contributed by atoms with E-state index in [2.05, 4.69) is 5.32 Å². The Morgan fingerprint density at radius 1 is 1.24 bits per heavy atom. The summed E-state index contributed by atoms with van der Waals surface area (Å²) < 4.78 is 11.1. The van der Waals surface area contributed by atoms with Crippen LogP contribution >= 0.6 is 0 Å². The van der Waals surface area contributed by atoms with E-state index in [0.717, 1.165) is 12.0 Å². The van der Waals surface area contributed by atoms with E-state index >= 15 is 0 Å². The Labute approximate surface area is 149 Å². The number of benzene rings is 1. The topological polar surface area (TPSA) is 67.9 Å². The maximum Gasteiger partial charge on any atom is 0.243 e. The molecule has 0 radical (unpaired) electrons. The van der Waals surface area contributed by atoms with Crippen molar-refractivity contribution in [3.8, 4) is 11.5 Å². The fraction of sp³-hybridized carbons (Fsp3) is 0.579. The number of likely N-dealkylation sites (tertiary alicyclic amines) is 1. The molecule has 138 valence electrons. The highest BCUT2D eigenvalue weighted by molar-refractivity contribution is 5.87. The summed E-state index contributed by atoms with van der Waals surface area (Å²) in [6.07, 6.45) is 1.63. The third-order valence-electron chi connectivity index (χ3n) is 4.37. The minimum absolute atomic E-state index is 0.0526. The molecule has 6 nitrogen and oxygen atoms in total. The molecule has 1 aromatic carbocycles. The molecule has 0 aromatic heterocycles. The van der Waals surface area contributed by atoms with Crippen LogP contribution in [0.2, 0.25) is 0 Å². The molecule has 2 amide bonds. The molecule has 6 heteroatoms. The number of nitrogens with one attached hydrogen (secondary N) is 1. The van der Waals surface area contributed by atoms with Gasteiger partial charge in [-0.15, -0.1) is 0 Å². The van der Waals surface area contributed by atoms with Crippen LogP contribution in [0.25, 0.3) is 0 Å². The van der Waals surface area contributed by atoms with Gasteiger partial charge in [-0.3, -0.25) is 9.59 Å². The number of methoxy groups -OCH3 is 1. The number of rotatable bonds is 6. The Bertz CT molecular complexity index is 630. The van der Waals surface area contributed by atoms with Crippen LogP contribution in [0.1, 0.15) is 52.1 Å². The van der Waals surface area contributed by atoms with Gasteiger partial charge in [-0.1, -0.05) is 6.07 Å². The molecular weight excluding hydrogens is 320 g/mol. The first-order valence-corrected chi connectivity index (χ1v) is 8.75. The van der Waals surface area contributed by atoms with Crippen molar-refractivity contribution in [1.82, 2.24) is 10.2 Å². The maximum absolute atomic E-state index is 12.5. The highest BCUT2D eigenvalue weighted by atomic mass is 16.5. The third-order valence-corrected chi connectivity index (χ3v) is 4.37. The Balaban J connectivity index is 2.08. The molecule has 1 heterocycles. The molecule has 25 heavy (non-hydrogen) atoms. The SMILES string of the molecule is COc1cc(C(C)NC(=O)C2CCCN2C(C)=O)ccc1OC(C)C. The van der Waals surface area contributed by atoms with Crippen LogP contribution in [0, 0.1) is 0 Å². The standard InChI is InChI=1S/C19H28N2O4/c1-12(2)25-17-9-8-15(11-18(17)24-5)13(3)20-19(23)16-7-6-10-21(16)14(4)22/h8-9,11-13,16H,6-7,10H2,1-5H3,(H,20,23). The van der Waals surface area contributed by atoms with Gasteiger partial charge in [0.1, 0.15) is 6.04 Å². The average molecular weight is 348 g/mol. The monoisotopic (exact) mass is 348 g/mol. The van der Waals surface area contributed by atoms with Crippen molar-refractivity contribution < 1.29 is 19.1 Å². The van der Waals surface area contributed by atoms with Gasteiger partial charge >= 0.3 is 0 Å². The summed E-state index contributed by atoms with van der Waals surface area (Å²) in [4.78, 5) is 25.8. The normalized spacial score (nSPS) is 18.2. The van der Waals surface area contributed by atoms with E-state index < -0.39 is 0 Å². The third kappa shape index (κ3) is 4.65. The van der Waals surface area contributed by atoms with Crippen molar-refractivity contribution in [3.63, 3.8) is 0 Å². The van der Waals surface area contributed by atoms with Crippen molar-refractivity contribution in [2.75, 3.05) is 13.7 Å². The van der Waals surface area contributed by atoms with E-state index in [1.807, 2.05) is 39.0 Å². The molecule has 1 aliphatic rings. The first kappa shape index (κ1) is 19.1. The first-order chi connectivity index (χ1) is 11.8. The smallest absolute Gasteiger partial charge is 0.243 e. The predicted molar refractivity (Wildman–Crippen MR) is 95.7 cm³/mol. The Morgan fingerprint density at radius 3 is 2.56 bits per heavy atom. The number of carbonyl (C=O) groups is 2. The summed E-state index contributed by atoms with van der Waals surface area (Å²) in [5, 5.41) is 3.01. The molecular formula is C19H28N2O4. The number of carbonyl (C=O) groups excluding carboxylic acids is 2. The van der Waals surface area contributed by atoms with E-state index in [9.17, 15) is 9.59 Å². The fourth-order valence-electron chi connectivity index (χ4n) is 3.11. The van der Waals surface area contributed by atoms with Crippen LogP contribution in [-0.2, 0) is 9.59 Å². The largest absolute Gasteiger partial charge is 0.493 e. The van der Waals surface area contributed by atoms with Crippen molar-refractivity contribution in [1.29, 1.82) is 0 Å². The second-order valence-electron chi connectivity index (χ2n) is 6.68. The van der Waals surface area contributed by atoms with Crippen LogP contribution in [0.4, 0.5) is 0 Å². The van der Waals surface area contributed by atoms with Crippen molar-refractivity contribution in [2.24, 2.45) is 0 Å². The minimum atomic E-state index is -0.370. The van der Waals surface area contributed by atoms with Gasteiger partial charge in [-0.25, -0.2) is 0 Å². The molecule has 0 spiro atoms. The predicted octanol–water partition coefficient (Wildman–Crippen LogP) is 2.67. The lowest BCUT2D eigenvalue weighted by Gasteiger charge is -2.25. The summed E-state index contributed by atoms with van der Waals surface area (Å²) in [5.41, 5.74) is 0.925. The highest BCUT2D eigenvalue weighted by Crippen LogP contribution is 2.31. The zero-order valence-electron chi connectivity index (χ0n) is 15.7. The number of hydrogen-bond acceptors (Lipinski definition) is 4. The molecule has 0 saturated carbocycles. The van der Waals surface area contributed by atoms with E-state index in [1.54, 1.807) is 12.0 Å². The Kier molecular flexibility index (Phi) is 6.28. The van der Waals surface area contributed by atoms with Crippen LogP contribution in [0.15, 0.2) is 18.2 Å². The minimum Gasteiger partial charge on any atom is -0.493 e. The first-order valence-electron chi connectivity index (χ1n) is 8.75. The van der Waals surface area contributed by atoms with Gasteiger partial charge in [0.05, 0.1) is 19.3 Å². The van der Waals surface area contributed by atoms with Crippen LogP contribution < -0.4 is 14.8 Å². The number of ether oxygens (including phenoxy) is 2.